The highest BCUT2D eigenvalue weighted by Crippen LogP contribution is 2.52. The summed E-state index contributed by atoms with van der Waals surface area (Å²) < 4.78 is 56.4. The van der Waals surface area contributed by atoms with Crippen LogP contribution in [0.5, 0.6) is 5.75 Å². The highest BCUT2D eigenvalue weighted by molar-refractivity contribution is 7.90. The van der Waals surface area contributed by atoms with Gasteiger partial charge < -0.3 is 18.9 Å². The van der Waals surface area contributed by atoms with Gasteiger partial charge in [0.25, 0.3) is 0 Å². The maximum Gasteiger partial charge on any atom is 0.345 e. The van der Waals surface area contributed by atoms with Crippen LogP contribution in [-0.4, -0.2) is 52.2 Å². The Morgan fingerprint density at radius 3 is 2.87 bits per heavy atom. The molecule has 0 aliphatic carbocycles. The summed E-state index contributed by atoms with van der Waals surface area (Å²) in [6, 6.07) is 4.71. The van der Waals surface area contributed by atoms with E-state index in [0.29, 0.717) is 29.1 Å². The highest BCUT2D eigenvalue weighted by Gasteiger charge is 2.48. The van der Waals surface area contributed by atoms with Crippen LogP contribution < -0.4 is 9.64 Å². The van der Waals surface area contributed by atoms with Crippen LogP contribution in [0.2, 0.25) is 5.02 Å². The number of hydrogen-bond donors (Lipinski definition) is 0. The first-order chi connectivity index (χ1) is 18.3. The summed E-state index contributed by atoms with van der Waals surface area (Å²) in [5.41, 5.74) is 0.393. The Hall–Kier alpha value is -2.75. The quantitative estimate of drug-likeness (QED) is 0.231. The zero-order chi connectivity index (χ0) is 26.5. The fraction of sp³-hybridized carbons (Fsp3) is 0.346. The lowest BCUT2D eigenvalue weighted by molar-refractivity contribution is 0.107. The van der Waals surface area contributed by atoms with Crippen molar-refractivity contribution in [3.8, 4) is 22.9 Å². The number of fused-ring (bicyclic) bond motifs is 5. The third kappa shape index (κ3) is 3.24. The van der Waals surface area contributed by atoms with E-state index in [1.54, 1.807) is 6.92 Å². The number of nitrogens with zero attached hydrogens (tertiary/aromatic N) is 4. The first kappa shape index (κ1) is 24.3. The van der Waals surface area contributed by atoms with E-state index in [9.17, 15) is 14.2 Å². The van der Waals surface area contributed by atoms with Crippen LogP contribution in [-0.2, 0) is 15.9 Å². The van der Waals surface area contributed by atoms with Gasteiger partial charge in [0.1, 0.15) is 36.1 Å². The second kappa shape index (κ2) is 8.63. The van der Waals surface area contributed by atoms with Gasteiger partial charge in [-0.2, -0.15) is 15.2 Å². The summed E-state index contributed by atoms with van der Waals surface area (Å²) in [6.07, 6.45) is 2.93. The minimum absolute atomic E-state index is 0.00376. The summed E-state index contributed by atoms with van der Waals surface area (Å²) in [4.78, 5) is 11.7. The molecule has 2 aromatic carbocycles. The molecule has 0 bridgehead atoms. The van der Waals surface area contributed by atoms with E-state index in [0.717, 1.165) is 17.8 Å². The maximum atomic E-state index is 16.6. The number of halogens is 3. The fourth-order valence-electron chi connectivity index (χ4n) is 6.04. The number of benzene rings is 2. The first-order valence-electron chi connectivity index (χ1n) is 12.0. The minimum atomic E-state index is -1.60. The van der Waals surface area contributed by atoms with Gasteiger partial charge in [0, 0.05) is 33.6 Å². The molecule has 0 saturated carbocycles. The number of rotatable bonds is 2. The lowest BCUT2D eigenvalue weighted by Gasteiger charge is -2.28. The molecule has 1 unspecified atom stereocenters. The zero-order valence-corrected chi connectivity index (χ0v) is 22.6. The Bertz CT molecular complexity index is 1720. The standard InChI is InChI=1S/C26H19ClF2N4O3S2/c1-10-13(8-30)17-12(3-4-14(28)24(17)37-10)18-20(27)23-19-22(21(18)29)31-26(38(2)34)32-25(19)33-11(9-36-23)7-16-15(33)5-6-35-16/h3-4,11,15-16H,5-7,9H2,1-2H3/t11-,15-,16-,38?/m0/s1. The Morgan fingerprint density at radius 2 is 2.11 bits per heavy atom. The normalized spacial score (nSPS) is 22.8. The van der Waals surface area contributed by atoms with Gasteiger partial charge >= 0.3 is 5.16 Å². The number of aryl methyl sites for hydroxylation is 1. The molecule has 0 radical (unpaired) electrons. The van der Waals surface area contributed by atoms with Gasteiger partial charge in [0.05, 0.1) is 38.9 Å². The van der Waals surface area contributed by atoms with Crippen LogP contribution in [0.4, 0.5) is 14.6 Å². The van der Waals surface area contributed by atoms with Gasteiger partial charge in [-0.25, -0.2) is 8.78 Å². The first-order valence-corrected chi connectivity index (χ1v) is 14.8. The van der Waals surface area contributed by atoms with Gasteiger partial charge in [-0.15, -0.1) is 11.3 Å². The molecule has 2 saturated heterocycles. The largest absolute Gasteiger partial charge is 0.609 e. The van der Waals surface area contributed by atoms with Crippen molar-refractivity contribution in [2.24, 2.45) is 0 Å². The summed E-state index contributed by atoms with van der Waals surface area (Å²) in [5.74, 6) is -0.636. The molecule has 0 amide bonds. The molecule has 3 aliphatic rings. The van der Waals surface area contributed by atoms with E-state index in [2.05, 4.69) is 20.9 Å². The van der Waals surface area contributed by atoms with Crippen molar-refractivity contribution in [1.29, 1.82) is 5.26 Å². The van der Waals surface area contributed by atoms with Crippen LogP contribution >= 0.6 is 22.9 Å². The van der Waals surface area contributed by atoms with Gasteiger partial charge in [-0.05, 0) is 31.4 Å². The molecule has 0 N–H and O–H groups in total. The molecule has 7 rings (SSSR count). The molecular weight excluding hydrogens is 554 g/mol. The monoisotopic (exact) mass is 572 g/mol. The van der Waals surface area contributed by atoms with Crippen molar-refractivity contribution in [2.45, 2.75) is 43.1 Å². The number of anilines is 1. The van der Waals surface area contributed by atoms with Crippen LogP contribution in [0.15, 0.2) is 17.3 Å². The fourth-order valence-corrected chi connectivity index (χ4v) is 7.85. The molecule has 0 spiro atoms. The van der Waals surface area contributed by atoms with E-state index in [4.69, 9.17) is 21.1 Å². The van der Waals surface area contributed by atoms with Crippen molar-refractivity contribution in [3.63, 3.8) is 0 Å². The lowest BCUT2D eigenvalue weighted by atomic mass is 9.96. The Kier molecular flexibility index (Phi) is 5.52. The Morgan fingerprint density at radius 1 is 1.29 bits per heavy atom. The minimum Gasteiger partial charge on any atom is -0.609 e. The maximum absolute atomic E-state index is 16.6. The van der Waals surface area contributed by atoms with E-state index in [1.807, 2.05) is 0 Å². The molecule has 3 aliphatic heterocycles. The predicted molar refractivity (Wildman–Crippen MR) is 142 cm³/mol. The second-order valence-corrected chi connectivity index (χ2v) is 12.5. The van der Waals surface area contributed by atoms with Crippen molar-refractivity contribution in [1.82, 2.24) is 9.97 Å². The van der Waals surface area contributed by atoms with Crippen molar-refractivity contribution in [2.75, 3.05) is 24.4 Å². The summed E-state index contributed by atoms with van der Waals surface area (Å²) in [5, 5.41) is 10.4. The molecule has 12 heteroatoms. The topological polar surface area (TPSA) is 94.3 Å². The molecule has 194 valence electrons. The molecule has 4 aromatic rings. The van der Waals surface area contributed by atoms with E-state index in [-0.39, 0.29) is 73.0 Å². The molecule has 5 heterocycles. The van der Waals surface area contributed by atoms with Crippen LogP contribution in [0.1, 0.15) is 23.3 Å². The van der Waals surface area contributed by atoms with Crippen molar-refractivity contribution < 1.29 is 22.8 Å². The van der Waals surface area contributed by atoms with Gasteiger partial charge in [-0.1, -0.05) is 17.7 Å². The smallest absolute Gasteiger partial charge is 0.345 e. The highest BCUT2D eigenvalue weighted by atomic mass is 35.5. The average Bonchev–Trinajstić information content (AvgIpc) is 3.54. The SMILES string of the molecule is Cc1sc2c(F)ccc(-c3c(Cl)c4c5c(nc([S+](C)[O-])nc5c3F)N3[C@H](CO4)C[C@@H]4OCC[C@@H]43)c2c1C#N. The molecule has 4 atom stereocenters. The third-order valence-electron chi connectivity index (χ3n) is 7.64. The molecule has 2 aromatic heterocycles. The lowest BCUT2D eigenvalue weighted by Crippen LogP contribution is -2.40. The number of thiophene rings is 1. The number of nitriles is 1. The summed E-state index contributed by atoms with van der Waals surface area (Å²) in [7, 11) is 0. The second-order valence-electron chi connectivity index (χ2n) is 9.66. The molecule has 7 nitrogen and oxygen atoms in total. The van der Waals surface area contributed by atoms with Gasteiger partial charge in [0.2, 0.25) is 0 Å². The molecule has 2 fully saturated rings. The van der Waals surface area contributed by atoms with Crippen molar-refractivity contribution >= 4 is 60.9 Å². The Balaban J connectivity index is 1.58. The predicted octanol–water partition coefficient (Wildman–Crippen LogP) is 5.49. The van der Waals surface area contributed by atoms with E-state index < -0.39 is 22.8 Å². The van der Waals surface area contributed by atoms with Crippen LogP contribution in [0, 0.1) is 29.9 Å². The van der Waals surface area contributed by atoms with Crippen LogP contribution in [0.25, 0.3) is 32.1 Å². The van der Waals surface area contributed by atoms with E-state index in [1.165, 1.54) is 18.4 Å². The summed E-state index contributed by atoms with van der Waals surface area (Å²) in [6.45, 7) is 2.59. The van der Waals surface area contributed by atoms with E-state index >= 15 is 4.39 Å². The molecule has 38 heavy (non-hydrogen) atoms. The van der Waals surface area contributed by atoms with Gasteiger partial charge in [0.15, 0.2) is 11.6 Å². The molecular formula is C26H19ClF2N4O3S2. The number of aromatic nitrogens is 2. The summed E-state index contributed by atoms with van der Waals surface area (Å²) >= 11 is 6.45. The van der Waals surface area contributed by atoms with Crippen molar-refractivity contribution in [3.05, 3.63) is 39.2 Å². The zero-order valence-electron chi connectivity index (χ0n) is 20.2. The Labute approximate surface area is 228 Å². The third-order valence-corrected chi connectivity index (χ3v) is 9.81. The number of ether oxygens (including phenoxy) is 2. The van der Waals surface area contributed by atoms with Gasteiger partial charge in [-0.3, -0.25) is 0 Å². The number of hydrogen-bond acceptors (Lipinski definition) is 8. The van der Waals surface area contributed by atoms with Crippen LogP contribution in [0.3, 0.4) is 0 Å². The average molecular weight is 573 g/mol.